The topological polar surface area (TPSA) is 47.1 Å². The van der Waals surface area contributed by atoms with Crippen LogP contribution in [0.15, 0.2) is 0 Å². The van der Waals surface area contributed by atoms with Crippen molar-refractivity contribution < 1.29 is 9.31 Å². The molecule has 80 valence electrons. The molecule has 0 spiro atoms. The summed E-state index contributed by atoms with van der Waals surface area (Å²) in [6.45, 7) is 7.89. The smallest absolute Gasteiger partial charge is 0.399 e. The van der Waals surface area contributed by atoms with Crippen molar-refractivity contribution in [2.24, 2.45) is 0 Å². The van der Waals surface area contributed by atoms with Gasteiger partial charge in [0.2, 0.25) is 0 Å². The van der Waals surface area contributed by atoms with Gasteiger partial charge in [0.25, 0.3) is 0 Å². The third-order valence-electron chi connectivity index (χ3n) is 3.35. The van der Waals surface area contributed by atoms with Crippen LogP contribution in [0.4, 0.5) is 0 Å². The molecule has 1 N–H and O–H groups in total. The molecule has 1 aromatic rings. The minimum atomic E-state index is -0.566. The van der Waals surface area contributed by atoms with Crippen LogP contribution in [0.1, 0.15) is 27.7 Å². The SMILES string of the molecule is [B]c1n[nH]c([B])c1B1OC(C)(C)C(C)(C)O1. The highest BCUT2D eigenvalue weighted by atomic mass is 16.7. The summed E-state index contributed by atoms with van der Waals surface area (Å²) < 4.78 is 11.7. The first kappa shape index (κ1) is 11.8. The van der Waals surface area contributed by atoms with E-state index in [0.717, 1.165) is 0 Å². The molecule has 1 saturated heterocycles. The van der Waals surface area contributed by atoms with Crippen LogP contribution in [0.25, 0.3) is 0 Å². The molecule has 7 heteroatoms. The van der Waals surface area contributed by atoms with Crippen molar-refractivity contribution >= 4 is 39.5 Å². The zero-order valence-corrected chi connectivity index (χ0v) is 10.00. The number of H-pyrrole nitrogens is 1. The molecule has 16 heavy (non-hydrogen) atoms. The summed E-state index contributed by atoms with van der Waals surface area (Å²) in [6, 6.07) is 0. The molecule has 2 rings (SSSR count). The van der Waals surface area contributed by atoms with Crippen LogP contribution in [0.5, 0.6) is 0 Å². The van der Waals surface area contributed by atoms with Crippen LogP contribution in [-0.4, -0.2) is 44.2 Å². The Labute approximate surface area is 98.4 Å². The van der Waals surface area contributed by atoms with Crippen molar-refractivity contribution in [2.45, 2.75) is 38.9 Å². The summed E-state index contributed by atoms with van der Waals surface area (Å²) in [6.07, 6.45) is 0. The molecule has 2 heterocycles. The molecule has 0 amide bonds. The average molecular weight is 214 g/mol. The van der Waals surface area contributed by atoms with E-state index in [-0.39, 0.29) is 0 Å². The molecule has 1 fully saturated rings. The van der Waals surface area contributed by atoms with Crippen molar-refractivity contribution in [1.29, 1.82) is 0 Å². The Bertz CT molecular complexity index is 381. The molecular formula is C9H13B3N2O2. The van der Waals surface area contributed by atoms with Crippen molar-refractivity contribution in [2.75, 3.05) is 0 Å². The maximum absolute atomic E-state index is 5.83. The van der Waals surface area contributed by atoms with Crippen LogP contribution >= 0.6 is 0 Å². The lowest BCUT2D eigenvalue weighted by Gasteiger charge is -2.32. The number of aromatic amines is 1. The third-order valence-corrected chi connectivity index (χ3v) is 3.35. The van der Waals surface area contributed by atoms with E-state index in [1.54, 1.807) is 0 Å². The highest BCUT2D eigenvalue weighted by Crippen LogP contribution is 2.36. The van der Waals surface area contributed by atoms with Crippen molar-refractivity contribution in [3.63, 3.8) is 0 Å². The number of hydrogen-bond donors (Lipinski definition) is 1. The number of nitrogens with zero attached hydrogens (tertiary/aromatic N) is 1. The lowest BCUT2D eigenvalue weighted by Crippen LogP contribution is -2.49. The number of hydrogen-bond acceptors (Lipinski definition) is 3. The summed E-state index contributed by atoms with van der Waals surface area (Å²) in [5.41, 5.74) is 0.465. The largest absolute Gasteiger partial charge is 0.496 e. The van der Waals surface area contributed by atoms with Crippen LogP contribution in [0.3, 0.4) is 0 Å². The van der Waals surface area contributed by atoms with Gasteiger partial charge in [-0.15, -0.1) is 0 Å². The number of nitrogens with one attached hydrogen (secondary N) is 1. The van der Waals surface area contributed by atoms with Gasteiger partial charge in [-0.05, 0) is 33.3 Å². The van der Waals surface area contributed by atoms with E-state index < -0.39 is 18.3 Å². The van der Waals surface area contributed by atoms with Crippen LogP contribution < -0.4 is 16.6 Å². The van der Waals surface area contributed by atoms with Gasteiger partial charge in [0.15, 0.2) is 0 Å². The van der Waals surface area contributed by atoms with Gasteiger partial charge in [-0.25, -0.2) is 0 Å². The lowest BCUT2D eigenvalue weighted by atomic mass is 9.70. The summed E-state index contributed by atoms with van der Waals surface area (Å²) in [5, 5.41) is 6.44. The Morgan fingerprint density at radius 2 is 1.62 bits per heavy atom. The molecule has 1 aliphatic rings. The summed E-state index contributed by atoms with van der Waals surface area (Å²) >= 11 is 0. The van der Waals surface area contributed by atoms with Gasteiger partial charge in [0.05, 0.1) is 11.2 Å². The molecule has 0 aliphatic carbocycles. The van der Waals surface area contributed by atoms with E-state index in [2.05, 4.69) is 10.2 Å². The van der Waals surface area contributed by atoms with Crippen LogP contribution in [0.2, 0.25) is 0 Å². The molecule has 0 atom stereocenters. The zero-order valence-electron chi connectivity index (χ0n) is 10.00. The fourth-order valence-electron chi connectivity index (χ4n) is 1.59. The van der Waals surface area contributed by atoms with Crippen molar-refractivity contribution in [3.8, 4) is 0 Å². The van der Waals surface area contributed by atoms with Gasteiger partial charge in [-0.1, -0.05) is 0 Å². The highest BCUT2D eigenvalue weighted by Gasteiger charge is 2.52. The molecule has 0 aromatic carbocycles. The molecule has 1 aliphatic heterocycles. The zero-order chi connectivity index (χ0) is 12.1. The van der Waals surface area contributed by atoms with E-state index in [0.29, 0.717) is 16.6 Å². The Morgan fingerprint density at radius 1 is 1.12 bits per heavy atom. The number of aromatic nitrogens is 2. The van der Waals surface area contributed by atoms with Crippen LogP contribution in [0, 0.1) is 0 Å². The maximum atomic E-state index is 5.83. The molecular weight excluding hydrogens is 201 g/mol. The third kappa shape index (κ3) is 1.62. The highest BCUT2D eigenvalue weighted by molar-refractivity contribution is 6.71. The molecule has 1 aromatic heterocycles. The quantitative estimate of drug-likeness (QED) is 0.566. The van der Waals surface area contributed by atoms with Gasteiger partial charge >= 0.3 is 7.12 Å². The second-order valence-corrected chi connectivity index (χ2v) is 5.02. The summed E-state index contributed by atoms with van der Waals surface area (Å²) in [7, 11) is 10.9. The second kappa shape index (κ2) is 3.41. The normalized spacial score (nSPS) is 22.6. The average Bonchev–Trinajstić information content (AvgIpc) is 2.52. The van der Waals surface area contributed by atoms with Gasteiger partial charge in [0.1, 0.15) is 15.7 Å². The minimum Gasteiger partial charge on any atom is -0.399 e. The van der Waals surface area contributed by atoms with E-state index in [4.69, 9.17) is 25.0 Å². The lowest BCUT2D eigenvalue weighted by molar-refractivity contribution is 0.00578. The fourth-order valence-corrected chi connectivity index (χ4v) is 1.59. The summed E-state index contributed by atoms with van der Waals surface area (Å²) in [4.78, 5) is 0. The molecule has 0 bridgehead atoms. The van der Waals surface area contributed by atoms with Gasteiger partial charge in [0, 0.05) is 11.1 Å². The maximum Gasteiger partial charge on any atom is 0.496 e. The monoisotopic (exact) mass is 214 g/mol. The van der Waals surface area contributed by atoms with E-state index in [1.165, 1.54) is 0 Å². The van der Waals surface area contributed by atoms with E-state index in [9.17, 15) is 0 Å². The Kier molecular flexibility index (Phi) is 2.51. The van der Waals surface area contributed by atoms with Crippen LogP contribution in [-0.2, 0) is 9.31 Å². The molecule has 0 unspecified atom stereocenters. The van der Waals surface area contributed by atoms with Gasteiger partial charge in [-0.2, -0.15) is 5.10 Å². The van der Waals surface area contributed by atoms with E-state index >= 15 is 0 Å². The summed E-state index contributed by atoms with van der Waals surface area (Å²) in [5.74, 6) is 0. The number of rotatable bonds is 1. The first-order chi connectivity index (χ1) is 7.24. The molecule has 4 radical (unpaired) electrons. The van der Waals surface area contributed by atoms with Crippen molar-refractivity contribution in [3.05, 3.63) is 0 Å². The fraction of sp³-hybridized carbons (Fsp3) is 0.667. The first-order valence-corrected chi connectivity index (χ1v) is 5.19. The standard InChI is InChI=1S/C9H13B3N2O2/c1-8(2)9(3,4)16-12(15-8)5-6(10)13-14-7(5)11/h1-4H3,(H,13,14). The molecule has 0 saturated carbocycles. The van der Waals surface area contributed by atoms with E-state index in [1.807, 2.05) is 27.7 Å². The molecule has 4 nitrogen and oxygen atoms in total. The predicted molar refractivity (Wildman–Crippen MR) is 65.1 cm³/mol. The Morgan fingerprint density at radius 3 is 2.00 bits per heavy atom. The van der Waals surface area contributed by atoms with Crippen molar-refractivity contribution in [1.82, 2.24) is 10.2 Å². The minimum absolute atomic E-state index is 0.316. The van der Waals surface area contributed by atoms with Gasteiger partial charge < -0.3 is 9.31 Å². The van der Waals surface area contributed by atoms with Gasteiger partial charge in [-0.3, -0.25) is 5.10 Å². The Balaban J connectivity index is 2.34. The Hall–Kier alpha value is -0.675. The predicted octanol–water partition coefficient (Wildman–Crippen LogP) is -1.70. The first-order valence-electron chi connectivity index (χ1n) is 5.19. The second-order valence-electron chi connectivity index (χ2n) is 5.02.